The maximum absolute atomic E-state index is 10.8. The Bertz CT molecular complexity index is 1280. The van der Waals surface area contributed by atoms with Gasteiger partial charge in [0, 0.05) is 72.6 Å². The molecule has 38 heavy (non-hydrogen) atoms. The van der Waals surface area contributed by atoms with Gasteiger partial charge in [-0.1, -0.05) is 23.2 Å². The highest BCUT2D eigenvalue weighted by atomic mass is 35.5. The van der Waals surface area contributed by atoms with Gasteiger partial charge in [-0.3, -0.25) is 15.2 Å². The first kappa shape index (κ1) is 27.6. The van der Waals surface area contributed by atoms with Crippen LogP contribution in [0.4, 0.5) is 11.5 Å². The largest absolute Gasteiger partial charge is 0.489 e. The molecule has 4 heterocycles. The van der Waals surface area contributed by atoms with Crippen molar-refractivity contribution in [3.63, 3.8) is 0 Å². The fourth-order valence-electron chi connectivity index (χ4n) is 4.46. The summed E-state index contributed by atoms with van der Waals surface area (Å²) in [6, 6.07) is 8.96. The van der Waals surface area contributed by atoms with Gasteiger partial charge in [0.15, 0.2) is 0 Å². The number of nitrogens with zero attached hydrogens (tertiary/aromatic N) is 5. The van der Waals surface area contributed by atoms with Crippen LogP contribution in [0.15, 0.2) is 48.9 Å². The zero-order valence-electron chi connectivity index (χ0n) is 21.6. The SMILES string of the molecule is CN(C)C.N=C(c1ccc(N2CC3(CN(C=O)C3)C2)nc1)c1cc(OCc2c(Cl)cncc2Cl)ccc1N. The van der Waals surface area contributed by atoms with E-state index < -0.39 is 0 Å². The van der Waals surface area contributed by atoms with E-state index in [1.807, 2.05) is 38.2 Å². The molecule has 1 amide bonds. The number of anilines is 2. The maximum Gasteiger partial charge on any atom is 0.209 e. The predicted molar refractivity (Wildman–Crippen MR) is 152 cm³/mol. The van der Waals surface area contributed by atoms with Crippen LogP contribution >= 0.6 is 23.2 Å². The fraction of sp³-hybridized carbons (Fsp3) is 0.333. The smallest absolute Gasteiger partial charge is 0.209 e. The number of nitrogens with one attached hydrogen (secondary N) is 1. The van der Waals surface area contributed by atoms with Crippen molar-refractivity contribution < 1.29 is 9.53 Å². The number of amides is 1. The molecule has 5 rings (SSSR count). The molecule has 2 aliphatic heterocycles. The van der Waals surface area contributed by atoms with Gasteiger partial charge in [-0.25, -0.2) is 4.98 Å². The lowest BCUT2D eigenvalue weighted by Gasteiger charge is -2.59. The number of nitrogen functional groups attached to an aromatic ring is 1. The number of aromatic nitrogens is 2. The molecule has 2 fully saturated rings. The highest BCUT2D eigenvalue weighted by molar-refractivity contribution is 6.35. The Kier molecular flexibility index (Phi) is 8.40. The van der Waals surface area contributed by atoms with Crippen LogP contribution in [0.1, 0.15) is 16.7 Å². The standard InChI is InChI=1S/C24H22Cl2N6O2.C3H9N/c25-19-7-29-8-20(26)18(19)9-34-16-2-3-21(27)17(5-16)23(28)15-1-4-22(30-6-15)32-12-24(13-32)10-31(11-24)14-33;1-4(2)3/h1-8,14,28H,9-13,27H2;1-3H3. The number of carbonyl (C=O) groups is 1. The lowest BCUT2D eigenvalue weighted by atomic mass is 9.73. The first-order chi connectivity index (χ1) is 18.1. The fourth-order valence-corrected chi connectivity index (χ4v) is 4.94. The summed E-state index contributed by atoms with van der Waals surface area (Å²) in [5, 5.41) is 9.53. The van der Waals surface area contributed by atoms with Crippen molar-refractivity contribution in [3.05, 3.63) is 75.7 Å². The van der Waals surface area contributed by atoms with Crippen molar-refractivity contribution in [2.75, 3.05) is 58.0 Å². The molecule has 9 nitrogen and oxygen atoms in total. The second kappa shape index (κ2) is 11.6. The minimum Gasteiger partial charge on any atom is -0.489 e. The normalized spacial score (nSPS) is 15.3. The second-order valence-electron chi connectivity index (χ2n) is 10.1. The molecule has 0 radical (unpaired) electrons. The number of nitrogens with two attached hydrogens (primary N) is 1. The lowest BCUT2D eigenvalue weighted by molar-refractivity contribution is -0.130. The van der Waals surface area contributed by atoms with Gasteiger partial charge in [-0.2, -0.15) is 0 Å². The second-order valence-corrected chi connectivity index (χ2v) is 10.9. The summed E-state index contributed by atoms with van der Waals surface area (Å²) < 4.78 is 5.86. The molecule has 0 atom stereocenters. The molecule has 0 bridgehead atoms. The number of likely N-dealkylation sites (tertiary alicyclic amines) is 1. The third kappa shape index (κ3) is 6.18. The number of ether oxygens (including phenoxy) is 1. The van der Waals surface area contributed by atoms with Crippen molar-refractivity contribution in [3.8, 4) is 5.75 Å². The number of hydrogen-bond acceptors (Lipinski definition) is 8. The van der Waals surface area contributed by atoms with E-state index in [1.54, 1.807) is 29.3 Å². The Morgan fingerprint density at radius 2 is 1.76 bits per heavy atom. The summed E-state index contributed by atoms with van der Waals surface area (Å²) in [6.45, 7) is 3.56. The third-order valence-electron chi connectivity index (χ3n) is 6.27. The highest BCUT2D eigenvalue weighted by Crippen LogP contribution is 2.40. The van der Waals surface area contributed by atoms with Gasteiger partial charge < -0.3 is 25.2 Å². The van der Waals surface area contributed by atoms with Crippen LogP contribution in [-0.2, 0) is 11.4 Å². The van der Waals surface area contributed by atoms with Crippen LogP contribution in [0.2, 0.25) is 10.0 Å². The number of benzene rings is 1. The van der Waals surface area contributed by atoms with Gasteiger partial charge in [0.2, 0.25) is 6.41 Å². The average Bonchev–Trinajstić information content (AvgIpc) is 2.83. The molecule has 200 valence electrons. The Hall–Kier alpha value is -3.40. The van der Waals surface area contributed by atoms with E-state index in [4.69, 9.17) is 39.1 Å². The summed E-state index contributed by atoms with van der Waals surface area (Å²) in [5.74, 6) is 1.40. The number of pyridine rings is 2. The van der Waals surface area contributed by atoms with Crippen LogP contribution in [-0.4, -0.2) is 79.2 Å². The van der Waals surface area contributed by atoms with Gasteiger partial charge in [-0.15, -0.1) is 0 Å². The van der Waals surface area contributed by atoms with E-state index in [-0.39, 0.29) is 17.7 Å². The van der Waals surface area contributed by atoms with E-state index >= 15 is 0 Å². The van der Waals surface area contributed by atoms with Crippen molar-refractivity contribution >= 4 is 46.8 Å². The van der Waals surface area contributed by atoms with Crippen LogP contribution in [0.3, 0.4) is 0 Å². The summed E-state index contributed by atoms with van der Waals surface area (Å²) in [7, 11) is 6.00. The highest BCUT2D eigenvalue weighted by Gasteiger charge is 2.51. The Labute approximate surface area is 232 Å². The van der Waals surface area contributed by atoms with Crippen LogP contribution in [0.25, 0.3) is 0 Å². The Balaban J connectivity index is 0.000000786. The molecular weight excluding hydrogens is 525 g/mol. The molecule has 1 spiro atoms. The minimum atomic E-state index is 0.162. The van der Waals surface area contributed by atoms with E-state index in [0.717, 1.165) is 38.4 Å². The number of halogens is 2. The van der Waals surface area contributed by atoms with Crippen molar-refractivity contribution in [1.82, 2.24) is 19.8 Å². The topological polar surface area (TPSA) is 112 Å². The first-order valence-electron chi connectivity index (χ1n) is 12.0. The molecule has 3 N–H and O–H groups in total. The van der Waals surface area contributed by atoms with E-state index in [1.165, 1.54) is 12.4 Å². The van der Waals surface area contributed by atoms with Gasteiger partial charge >= 0.3 is 0 Å². The van der Waals surface area contributed by atoms with Gasteiger partial charge in [-0.05, 0) is 51.5 Å². The van der Waals surface area contributed by atoms with Gasteiger partial charge in [0.05, 0.1) is 15.8 Å². The molecule has 2 saturated heterocycles. The van der Waals surface area contributed by atoms with Crippen molar-refractivity contribution in [1.29, 1.82) is 5.41 Å². The summed E-state index contributed by atoms with van der Waals surface area (Å²) in [5.41, 5.74) is 8.94. The third-order valence-corrected chi connectivity index (χ3v) is 6.92. The molecule has 3 aromatic rings. The van der Waals surface area contributed by atoms with Gasteiger partial charge in [0.25, 0.3) is 0 Å². The molecule has 1 aromatic carbocycles. The zero-order valence-corrected chi connectivity index (χ0v) is 23.1. The monoisotopic (exact) mass is 555 g/mol. The number of carbonyl (C=O) groups excluding carboxylic acids is 1. The number of hydrogen-bond donors (Lipinski definition) is 2. The summed E-state index contributed by atoms with van der Waals surface area (Å²) >= 11 is 12.3. The summed E-state index contributed by atoms with van der Waals surface area (Å²) in [6.07, 6.45) is 5.62. The van der Waals surface area contributed by atoms with E-state index in [9.17, 15) is 4.79 Å². The molecule has 11 heteroatoms. The zero-order chi connectivity index (χ0) is 27.4. The maximum atomic E-state index is 10.8. The molecule has 0 aliphatic carbocycles. The Morgan fingerprint density at radius 1 is 1.11 bits per heavy atom. The first-order valence-corrected chi connectivity index (χ1v) is 12.8. The number of rotatable bonds is 7. The predicted octanol–water partition coefficient (Wildman–Crippen LogP) is 3.82. The Morgan fingerprint density at radius 3 is 2.34 bits per heavy atom. The molecule has 0 unspecified atom stereocenters. The quantitative estimate of drug-likeness (QED) is 0.259. The van der Waals surface area contributed by atoms with Crippen molar-refractivity contribution in [2.24, 2.45) is 5.41 Å². The van der Waals surface area contributed by atoms with Crippen molar-refractivity contribution in [2.45, 2.75) is 6.61 Å². The van der Waals surface area contributed by atoms with Crippen LogP contribution in [0.5, 0.6) is 5.75 Å². The average molecular weight is 556 g/mol. The van der Waals surface area contributed by atoms with Gasteiger partial charge in [0.1, 0.15) is 18.2 Å². The molecule has 2 aromatic heterocycles. The molecule has 2 aliphatic rings. The summed E-state index contributed by atoms with van der Waals surface area (Å²) in [4.78, 5) is 25.3. The molecule has 0 saturated carbocycles. The minimum absolute atomic E-state index is 0.162. The van der Waals surface area contributed by atoms with E-state index in [2.05, 4.69) is 14.9 Å². The van der Waals surface area contributed by atoms with E-state index in [0.29, 0.717) is 38.2 Å². The molecular formula is C27H31Cl2N7O2. The lowest BCUT2D eigenvalue weighted by Crippen LogP contribution is -2.72. The van der Waals surface area contributed by atoms with Crippen LogP contribution in [0, 0.1) is 10.8 Å². The van der Waals surface area contributed by atoms with Crippen LogP contribution < -0.4 is 15.4 Å².